The fraction of sp³-hybridized carbons (Fsp3) is 0.0909. The van der Waals surface area contributed by atoms with E-state index in [-0.39, 0.29) is 5.56 Å². The van der Waals surface area contributed by atoms with Crippen LogP contribution in [0.1, 0.15) is 15.9 Å². The summed E-state index contributed by atoms with van der Waals surface area (Å²) in [5, 5.41) is 8.72. The number of carboxylic acids is 1. The first-order chi connectivity index (χ1) is 7.19. The number of methoxy groups -OCH3 is 1. The molecule has 1 aromatic carbocycles. The molecule has 4 nitrogen and oxygen atoms in total. The van der Waals surface area contributed by atoms with Gasteiger partial charge in [-0.15, -0.1) is 0 Å². The Morgan fingerprint density at radius 3 is 2.80 bits per heavy atom. The fourth-order valence-electron chi connectivity index (χ4n) is 1.03. The number of rotatable bonds is 2. The topological polar surface area (TPSA) is 63.6 Å². The third kappa shape index (κ3) is 2.58. The van der Waals surface area contributed by atoms with Gasteiger partial charge in [-0.25, -0.2) is 4.79 Å². The summed E-state index contributed by atoms with van der Waals surface area (Å²) in [5.74, 6) is 4.07. The van der Waals surface area contributed by atoms with E-state index in [2.05, 4.69) is 11.8 Å². The molecule has 4 heteroatoms. The van der Waals surface area contributed by atoms with E-state index < -0.39 is 5.97 Å². The van der Waals surface area contributed by atoms with Crippen molar-refractivity contribution < 1.29 is 19.4 Å². The van der Waals surface area contributed by atoms with Crippen molar-refractivity contribution in [3.8, 4) is 17.6 Å². The molecule has 0 aromatic heterocycles. The predicted octanol–water partition coefficient (Wildman–Crippen LogP) is 0.944. The van der Waals surface area contributed by atoms with E-state index in [9.17, 15) is 9.59 Å². The lowest BCUT2D eigenvalue weighted by atomic mass is 10.1. The maximum atomic E-state index is 10.6. The van der Waals surface area contributed by atoms with Gasteiger partial charge in [0.25, 0.3) is 0 Å². The molecule has 0 heterocycles. The first-order valence-electron chi connectivity index (χ1n) is 4.05. The van der Waals surface area contributed by atoms with Gasteiger partial charge in [-0.2, -0.15) is 0 Å². The zero-order chi connectivity index (χ0) is 11.3. The fourth-order valence-corrected chi connectivity index (χ4v) is 1.03. The number of carbonyl (C=O) groups is 2. The molecule has 15 heavy (non-hydrogen) atoms. The standard InChI is InChI=1S/C11H8O4/c1-15-10-7-9(11(13)14)5-4-8(10)3-2-6-12/h4-7H,1H3,(H,13,14). The average Bonchev–Trinajstić information content (AvgIpc) is 2.25. The van der Waals surface area contributed by atoms with Crippen LogP contribution in [0.2, 0.25) is 0 Å². The molecule has 0 fully saturated rings. The lowest BCUT2D eigenvalue weighted by Crippen LogP contribution is -1.98. The van der Waals surface area contributed by atoms with Crippen LogP contribution in [0.15, 0.2) is 18.2 Å². The number of aromatic carboxylic acids is 1. The molecule has 1 N–H and O–H groups in total. The van der Waals surface area contributed by atoms with Gasteiger partial charge >= 0.3 is 5.97 Å². The summed E-state index contributed by atoms with van der Waals surface area (Å²) in [7, 11) is 1.41. The van der Waals surface area contributed by atoms with Gasteiger partial charge in [0.2, 0.25) is 0 Å². The van der Waals surface area contributed by atoms with E-state index in [1.807, 2.05) is 0 Å². The Hall–Kier alpha value is -2.28. The zero-order valence-electron chi connectivity index (χ0n) is 7.98. The minimum atomic E-state index is -1.04. The molecule has 0 saturated carbocycles. The SMILES string of the molecule is COc1cc(C(=O)O)ccc1C#CC=O. The van der Waals surface area contributed by atoms with Crippen LogP contribution in [0.3, 0.4) is 0 Å². The molecule has 0 aliphatic heterocycles. The Balaban J connectivity index is 3.20. The Morgan fingerprint density at radius 1 is 1.53 bits per heavy atom. The lowest BCUT2D eigenvalue weighted by Gasteiger charge is -2.03. The molecule has 1 rings (SSSR count). The summed E-state index contributed by atoms with van der Waals surface area (Å²) in [6, 6.07) is 4.26. The Kier molecular flexibility index (Phi) is 3.47. The van der Waals surface area contributed by atoms with Gasteiger partial charge in [-0.1, -0.05) is 5.92 Å². The number of ether oxygens (including phenoxy) is 1. The molecule has 0 atom stereocenters. The Bertz CT molecular complexity index is 451. The van der Waals surface area contributed by atoms with E-state index in [0.29, 0.717) is 17.6 Å². The second-order valence-corrected chi connectivity index (χ2v) is 2.61. The van der Waals surface area contributed by atoms with Crippen molar-refractivity contribution in [2.75, 3.05) is 7.11 Å². The Labute approximate surface area is 86.5 Å². The van der Waals surface area contributed by atoms with Crippen LogP contribution >= 0.6 is 0 Å². The molecule has 0 aliphatic rings. The van der Waals surface area contributed by atoms with Crippen molar-refractivity contribution in [3.05, 3.63) is 29.3 Å². The average molecular weight is 204 g/mol. The normalized spacial score (nSPS) is 8.60. The number of aldehydes is 1. The molecule has 0 radical (unpaired) electrons. The number of carbonyl (C=O) groups excluding carboxylic acids is 1. The molecular formula is C11H8O4. The van der Waals surface area contributed by atoms with Crippen molar-refractivity contribution in [1.29, 1.82) is 0 Å². The van der Waals surface area contributed by atoms with E-state index in [0.717, 1.165) is 0 Å². The van der Waals surface area contributed by atoms with Crippen LogP contribution in [0.4, 0.5) is 0 Å². The molecular weight excluding hydrogens is 196 g/mol. The second-order valence-electron chi connectivity index (χ2n) is 2.61. The second kappa shape index (κ2) is 4.82. The maximum Gasteiger partial charge on any atom is 0.335 e. The summed E-state index contributed by atoms with van der Waals surface area (Å²) < 4.78 is 4.95. The highest BCUT2D eigenvalue weighted by atomic mass is 16.5. The van der Waals surface area contributed by atoms with Crippen LogP contribution in [-0.4, -0.2) is 24.5 Å². The molecule has 76 valence electrons. The highest BCUT2D eigenvalue weighted by molar-refractivity contribution is 5.88. The minimum Gasteiger partial charge on any atom is -0.495 e. The van der Waals surface area contributed by atoms with Crippen LogP contribution in [0.5, 0.6) is 5.75 Å². The third-order valence-corrected chi connectivity index (χ3v) is 1.71. The van der Waals surface area contributed by atoms with Crippen molar-refractivity contribution in [1.82, 2.24) is 0 Å². The van der Waals surface area contributed by atoms with E-state index in [1.165, 1.54) is 25.3 Å². The minimum absolute atomic E-state index is 0.114. The van der Waals surface area contributed by atoms with Gasteiger partial charge in [-0.05, 0) is 24.1 Å². The highest BCUT2D eigenvalue weighted by Crippen LogP contribution is 2.19. The quantitative estimate of drug-likeness (QED) is 0.575. The molecule has 1 aromatic rings. The van der Waals surface area contributed by atoms with Crippen LogP contribution in [0, 0.1) is 11.8 Å². The van der Waals surface area contributed by atoms with Gasteiger partial charge in [0.05, 0.1) is 18.2 Å². The van der Waals surface area contributed by atoms with E-state index in [4.69, 9.17) is 9.84 Å². The summed E-state index contributed by atoms with van der Waals surface area (Å²) >= 11 is 0. The third-order valence-electron chi connectivity index (χ3n) is 1.71. The predicted molar refractivity (Wildman–Crippen MR) is 52.9 cm³/mol. The summed E-state index contributed by atoms with van der Waals surface area (Å²) in [4.78, 5) is 20.7. The molecule has 0 aliphatic carbocycles. The number of carboxylic acid groups (broad SMARTS) is 1. The number of hydrogen-bond donors (Lipinski definition) is 1. The van der Waals surface area contributed by atoms with Gasteiger partial charge in [0, 0.05) is 0 Å². The van der Waals surface area contributed by atoms with Crippen LogP contribution < -0.4 is 4.74 Å². The van der Waals surface area contributed by atoms with E-state index in [1.54, 1.807) is 0 Å². The van der Waals surface area contributed by atoms with Gasteiger partial charge in [0.1, 0.15) is 5.75 Å². The van der Waals surface area contributed by atoms with Gasteiger partial charge < -0.3 is 9.84 Å². The maximum absolute atomic E-state index is 10.6. The highest BCUT2D eigenvalue weighted by Gasteiger charge is 2.06. The lowest BCUT2D eigenvalue weighted by molar-refractivity contribution is -0.103. The monoisotopic (exact) mass is 204 g/mol. The van der Waals surface area contributed by atoms with Crippen LogP contribution in [-0.2, 0) is 4.79 Å². The van der Waals surface area contributed by atoms with Crippen LogP contribution in [0.25, 0.3) is 0 Å². The number of hydrogen-bond acceptors (Lipinski definition) is 3. The molecule has 0 amide bonds. The summed E-state index contributed by atoms with van der Waals surface area (Å²) in [5.41, 5.74) is 0.595. The van der Waals surface area contributed by atoms with Crippen molar-refractivity contribution in [3.63, 3.8) is 0 Å². The first kappa shape index (κ1) is 10.8. The Morgan fingerprint density at radius 2 is 2.27 bits per heavy atom. The molecule has 0 unspecified atom stereocenters. The summed E-state index contributed by atoms with van der Waals surface area (Å²) in [6.45, 7) is 0. The van der Waals surface area contributed by atoms with Crippen molar-refractivity contribution in [2.24, 2.45) is 0 Å². The first-order valence-corrected chi connectivity index (χ1v) is 4.05. The van der Waals surface area contributed by atoms with Gasteiger partial charge in [-0.3, -0.25) is 4.79 Å². The smallest absolute Gasteiger partial charge is 0.335 e. The van der Waals surface area contributed by atoms with Gasteiger partial charge in [0.15, 0.2) is 6.29 Å². The molecule has 0 bridgehead atoms. The number of benzene rings is 1. The zero-order valence-corrected chi connectivity index (χ0v) is 7.98. The molecule has 0 saturated heterocycles. The molecule has 0 spiro atoms. The van der Waals surface area contributed by atoms with E-state index >= 15 is 0 Å². The van der Waals surface area contributed by atoms with Crippen molar-refractivity contribution >= 4 is 12.3 Å². The van der Waals surface area contributed by atoms with Crippen molar-refractivity contribution in [2.45, 2.75) is 0 Å². The summed E-state index contributed by atoms with van der Waals surface area (Å²) in [6.07, 6.45) is 0.463. The largest absolute Gasteiger partial charge is 0.495 e.